The fourth-order valence-electron chi connectivity index (χ4n) is 3.19. The van der Waals surface area contributed by atoms with Crippen LogP contribution in [0.1, 0.15) is 84.5 Å². The van der Waals surface area contributed by atoms with E-state index in [0.29, 0.717) is 0 Å². The van der Waals surface area contributed by atoms with Crippen molar-refractivity contribution in [2.45, 2.75) is 84.5 Å². The van der Waals surface area contributed by atoms with Crippen LogP contribution >= 0.6 is 0 Å². The molecule has 120 valence electrons. The Bertz CT molecular complexity index is 308. The normalized spacial score (nSPS) is 23.1. The third kappa shape index (κ3) is 8.96. The summed E-state index contributed by atoms with van der Waals surface area (Å²) in [5, 5.41) is 0. The molecule has 1 rings (SSSR count). The molecule has 21 heavy (non-hydrogen) atoms. The lowest BCUT2D eigenvalue weighted by atomic mass is 9.92. The molecule has 0 bridgehead atoms. The van der Waals surface area contributed by atoms with Crippen molar-refractivity contribution in [3.8, 4) is 0 Å². The maximum atomic E-state index is 2.52. The molecule has 0 spiro atoms. The van der Waals surface area contributed by atoms with Crippen molar-refractivity contribution in [1.82, 2.24) is 0 Å². The molecule has 0 heterocycles. The standard InChI is InChI=1S/C21H36/c1-3-5-7-9-10-11-12-14-17-21-19-15-18-20(21)16-13-8-6-4-2/h8-10,13-14,17,20-21H,3-7,11-12,15-16,18-19H2,1-2H3/t20-,21-/m0/s1. The van der Waals surface area contributed by atoms with Gasteiger partial charge in [0.2, 0.25) is 0 Å². The first-order valence-electron chi connectivity index (χ1n) is 9.35. The largest absolute Gasteiger partial charge is 0.0885 e. The van der Waals surface area contributed by atoms with E-state index in [0.717, 1.165) is 11.8 Å². The molecular weight excluding hydrogens is 252 g/mol. The summed E-state index contributed by atoms with van der Waals surface area (Å²) in [7, 11) is 0. The van der Waals surface area contributed by atoms with Crippen LogP contribution in [0.2, 0.25) is 0 Å². The molecule has 0 aromatic rings. The van der Waals surface area contributed by atoms with E-state index in [9.17, 15) is 0 Å². The van der Waals surface area contributed by atoms with Crippen LogP contribution in [0.25, 0.3) is 0 Å². The molecule has 0 N–H and O–H groups in total. The highest BCUT2D eigenvalue weighted by atomic mass is 14.3. The van der Waals surface area contributed by atoms with Gasteiger partial charge in [0.25, 0.3) is 0 Å². The molecule has 0 unspecified atom stereocenters. The van der Waals surface area contributed by atoms with Crippen molar-refractivity contribution in [3.05, 3.63) is 36.5 Å². The average molecular weight is 289 g/mol. The van der Waals surface area contributed by atoms with Gasteiger partial charge in [-0.25, -0.2) is 0 Å². The average Bonchev–Trinajstić information content (AvgIpc) is 2.94. The van der Waals surface area contributed by atoms with Gasteiger partial charge in [-0.3, -0.25) is 0 Å². The van der Waals surface area contributed by atoms with Gasteiger partial charge in [0, 0.05) is 0 Å². The minimum atomic E-state index is 0.848. The van der Waals surface area contributed by atoms with Gasteiger partial charge in [0.1, 0.15) is 0 Å². The Morgan fingerprint density at radius 2 is 1.52 bits per heavy atom. The highest BCUT2D eigenvalue weighted by Gasteiger charge is 2.23. The molecule has 2 atom stereocenters. The highest BCUT2D eigenvalue weighted by Crippen LogP contribution is 2.35. The molecule has 0 aliphatic heterocycles. The Balaban J connectivity index is 2.16. The minimum Gasteiger partial charge on any atom is -0.0885 e. The van der Waals surface area contributed by atoms with E-state index in [-0.39, 0.29) is 0 Å². The molecule has 0 amide bonds. The summed E-state index contributed by atoms with van der Waals surface area (Å²) < 4.78 is 0. The van der Waals surface area contributed by atoms with Crippen LogP contribution < -0.4 is 0 Å². The Kier molecular flexibility index (Phi) is 11.2. The monoisotopic (exact) mass is 288 g/mol. The van der Waals surface area contributed by atoms with Crippen LogP contribution in [0.15, 0.2) is 36.5 Å². The lowest BCUT2D eigenvalue weighted by molar-refractivity contribution is 0.463. The lowest BCUT2D eigenvalue weighted by Crippen LogP contribution is -2.03. The molecule has 1 fully saturated rings. The highest BCUT2D eigenvalue weighted by molar-refractivity contribution is 4.98. The quantitative estimate of drug-likeness (QED) is 0.278. The van der Waals surface area contributed by atoms with E-state index in [1.807, 2.05) is 0 Å². The number of hydrogen-bond donors (Lipinski definition) is 0. The third-order valence-electron chi connectivity index (χ3n) is 4.55. The fraction of sp³-hybridized carbons (Fsp3) is 0.714. The van der Waals surface area contributed by atoms with Gasteiger partial charge in [-0.15, -0.1) is 0 Å². The summed E-state index contributed by atoms with van der Waals surface area (Å²) >= 11 is 0. The van der Waals surface area contributed by atoms with Crippen molar-refractivity contribution in [2.24, 2.45) is 11.8 Å². The smallest absolute Gasteiger partial charge is 0.0202 e. The van der Waals surface area contributed by atoms with Gasteiger partial charge in [-0.05, 0) is 56.8 Å². The topological polar surface area (TPSA) is 0 Å². The van der Waals surface area contributed by atoms with Crippen LogP contribution in [-0.2, 0) is 0 Å². The molecule has 1 saturated carbocycles. The number of allylic oxidation sites excluding steroid dienone is 6. The van der Waals surface area contributed by atoms with Crippen LogP contribution in [0.3, 0.4) is 0 Å². The lowest BCUT2D eigenvalue weighted by Gasteiger charge is -2.13. The first-order valence-corrected chi connectivity index (χ1v) is 9.35. The van der Waals surface area contributed by atoms with Crippen LogP contribution in [0, 0.1) is 11.8 Å². The third-order valence-corrected chi connectivity index (χ3v) is 4.55. The van der Waals surface area contributed by atoms with E-state index in [1.54, 1.807) is 0 Å². The molecule has 0 aromatic heterocycles. The Morgan fingerprint density at radius 1 is 0.762 bits per heavy atom. The summed E-state index contributed by atoms with van der Waals surface area (Å²) in [5.41, 5.74) is 0. The van der Waals surface area contributed by atoms with Gasteiger partial charge in [0.15, 0.2) is 0 Å². The van der Waals surface area contributed by atoms with Gasteiger partial charge in [-0.1, -0.05) is 76.0 Å². The first-order chi connectivity index (χ1) is 10.4. The summed E-state index contributed by atoms with van der Waals surface area (Å²) in [4.78, 5) is 0. The second-order valence-corrected chi connectivity index (χ2v) is 6.47. The predicted molar refractivity (Wildman–Crippen MR) is 96.5 cm³/mol. The fourth-order valence-corrected chi connectivity index (χ4v) is 3.19. The SMILES string of the molecule is CCCC=CC[C@H]1CCC[C@@H]1C=CCCC=CCCCC. The predicted octanol–water partition coefficient (Wildman–Crippen LogP) is 7.23. The van der Waals surface area contributed by atoms with E-state index < -0.39 is 0 Å². The zero-order valence-corrected chi connectivity index (χ0v) is 14.4. The number of rotatable bonds is 11. The van der Waals surface area contributed by atoms with Crippen molar-refractivity contribution in [2.75, 3.05) is 0 Å². The summed E-state index contributed by atoms with van der Waals surface area (Å²) in [6.45, 7) is 4.51. The van der Waals surface area contributed by atoms with Gasteiger partial charge in [-0.2, -0.15) is 0 Å². The Morgan fingerprint density at radius 3 is 2.33 bits per heavy atom. The molecule has 0 radical (unpaired) electrons. The zero-order chi connectivity index (χ0) is 15.2. The van der Waals surface area contributed by atoms with E-state index in [4.69, 9.17) is 0 Å². The second kappa shape index (κ2) is 12.9. The minimum absolute atomic E-state index is 0.848. The molecule has 0 saturated heterocycles. The molecular formula is C21H36. The number of hydrogen-bond acceptors (Lipinski definition) is 0. The second-order valence-electron chi connectivity index (χ2n) is 6.47. The summed E-state index contributed by atoms with van der Waals surface area (Å²) in [6.07, 6.45) is 28.9. The van der Waals surface area contributed by atoms with Crippen LogP contribution in [-0.4, -0.2) is 0 Å². The van der Waals surface area contributed by atoms with Crippen LogP contribution in [0.4, 0.5) is 0 Å². The molecule has 1 aliphatic carbocycles. The van der Waals surface area contributed by atoms with E-state index >= 15 is 0 Å². The van der Waals surface area contributed by atoms with Gasteiger partial charge in [0.05, 0.1) is 0 Å². The molecule has 0 heteroatoms. The van der Waals surface area contributed by atoms with Crippen LogP contribution in [0.5, 0.6) is 0 Å². The van der Waals surface area contributed by atoms with Crippen molar-refractivity contribution >= 4 is 0 Å². The van der Waals surface area contributed by atoms with E-state index in [2.05, 4.69) is 50.3 Å². The van der Waals surface area contributed by atoms with E-state index in [1.165, 1.54) is 70.6 Å². The van der Waals surface area contributed by atoms with Crippen molar-refractivity contribution in [3.63, 3.8) is 0 Å². The zero-order valence-electron chi connectivity index (χ0n) is 14.4. The molecule has 1 aliphatic rings. The van der Waals surface area contributed by atoms with Gasteiger partial charge >= 0.3 is 0 Å². The first kappa shape index (κ1) is 18.3. The van der Waals surface area contributed by atoms with Gasteiger partial charge < -0.3 is 0 Å². The Labute approximate surface area is 133 Å². The maximum absolute atomic E-state index is 2.52. The van der Waals surface area contributed by atoms with Crippen molar-refractivity contribution in [1.29, 1.82) is 0 Å². The summed E-state index contributed by atoms with van der Waals surface area (Å²) in [6, 6.07) is 0. The van der Waals surface area contributed by atoms with Crippen molar-refractivity contribution < 1.29 is 0 Å². The Hall–Kier alpha value is -0.780. The molecule has 0 aromatic carbocycles. The summed E-state index contributed by atoms with van der Waals surface area (Å²) in [5.74, 6) is 1.76. The molecule has 0 nitrogen and oxygen atoms in total. The number of unbranched alkanes of at least 4 members (excludes halogenated alkanes) is 4. The maximum Gasteiger partial charge on any atom is -0.0202 e.